The first kappa shape index (κ1) is 23.1. The monoisotopic (exact) mass is 487 g/mol. The number of pyridine rings is 1. The maximum Gasteiger partial charge on any atom is 0.534 e. The van der Waals surface area contributed by atoms with Crippen LogP contribution in [0.15, 0.2) is 35.1 Å². The van der Waals surface area contributed by atoms with E-state index >= 15 is 0 Å². The number of alkyl halides is 3. The third kappa shape index (κ3) is 4.69. The molecule has 0 aliphatic carbocycles. The van der Waals surface area contributed by atoms with Crippen LogP contribution in [-0.2, 0) is 21.3 Å². The van der Waals surface area contributed by atoms with Gasteiger partial charge >= 0.3 is 15.6 Å². The molecule has 1 atom stereocenters. The lowest BCUT2D eigenvalue weighted by atomic mass is 10.1. The first-order chi connectivity index (χ1) is 15.6. The number of ether oxygens (including phenoxy) is 2. The Balaban J connectivity index is 1.86. The van der Waals surface area contributed by atoms with Crippen molar-refractivity contribution < 1.29 is 35.2 Å². The summed E-state index contributed by atoms with van der Waals surface area (Å²) in [5.74, 6) is -0.175. The van der Waals surface area contributed by atoms with Crippen LogP contribution in [0.1, 0.15) is 36.7 Å². The average molecular weight is 487 g/mol. The van der Waals surface area contributed by atoms with Crippen LogP contribution in [-0.4, -0.2) is 42.4 Å². The zero-order chi connectivity index (χ0) is 23.8. The largest absolute Gasteiger partial charge is 0.534 e. The minimum absolute atomic E-state index is 0.0693. The van der Waals surface area contributed by atoms with Crippen LogP contribution in [0, 0.1) is 0 Å². The molecule has 0 bridgehead atoms. The maximum atomic E-state index is 12.9. The van der Waals surface area contributed by atoms with Gasteiger partial charge in [0.25, 0.3) is 5.56 Å². The van der Waals surface area contributed by atoms with Crippen LogP contribution in [0.5, 0.6) is 11.5 Å². The molecule has 1 aliphatic heterocycles. The molecule has 0 radical (unpaired) electrons. The SMILES string of the molecule is COc1ccc(Cc2c3[nH]c(=O)cc(OS(=O)(=O)C(F)(F)F)c3nn2C2CCCCO2)cc1. The number of aromatic amines is 1. The van der Waals surface area contributed by atoms with Gasteiger partial charge in [0.15, 0.2) is 17.5 Å². The molecule has 0 amide bonds. The standard InChI is InChI=1S/C20H20F3N3O6S/c1-30-13-7-5-12(6-8-13)10-14-18-19(25-26(14)17-4-2-3-9-31-17)15(11-16(27)24-18)32-33(28,29)20(21,22)23/h5-8,11,17H,2-4,9-10H2,1H3,(H,24,27). The summed E-state index contributed by atoms with van der Waals surface area (Å²) in [6.45, 7) is 0.463. The molecule has 1 aromatic carbocycles. The number of methoxy groups -OCH3 is 1. The molecule has 33 heavy (non-hydrogen) atoms. The molecule has 3 heterocycles. The molecular formula is C20H20F3N3O6S. The van der Waals surface area contributed by atoms with E-state index in [0.717, 1.165) is 18.4 Å². The van der Waals surface area contributed by atoms with E-state index < -0.39 is 33.2 Å². The van der Waals surface area contributed by atoms with Crippen LogP contribution in [0.4, 0.5) is 13.2 Å². The van der Waals surface area contributed by atoms with Gasteiger partial charge in [-0.1, -0.05) is 12.1 Å². The van der Waals surface area contributed by atoms with Gasteiger partial charge in [0.1, 0.15) is 5.75 Å². The summed E-state index contributed by atoms with van der Waals surface area (Å²) in [7, 11) is -4.47. The highest BCUT2D eigenvalue weighted by Crippen LogP contribution is 2.34. The second-order valence-corrected chi connectivity index (χ2v) is 8.98. The van der Waals surface area contributed by atoms with E-state index in [4.69, 9.17) is 9.47 Å². The van der Waals surface area contributed by atoms with E-state index in [-0.39, 0.29) is 17.5 Å². The van der Waals surface area contributed by atoms with Crippen molar-refractivity contribution in [1.82, 2.24) is 14.8 Å². The average Bonchev–Trinajstić information content (AvgIpc) is 3.12. The summed E-state index contributed by atoms with van der Waals surface area (Å²) in [5.41, 5.74) is -5.42. The highest BCUT2D eigenvalue weighted by molar-refractivity contribution is 7.88. The lowest BCUT2D eigenvalue weighted by Crippen LogP contribution is -2.28. The number of benzene rings is 1. The third-order valence-electron chi connectivity index (χ3n) is 5.20. The molecular weight excluding hydrogens is 467 g/mol. The summed E-state index contributed by atoms with van der Waals surface area (Å²) < 4.78 is 78.5. The lowest BCUT2D eigenvalue weighted by molar-refractivity contribution is -0.0500. The van der Waals surface area contributed by atoms with Crippen molar-refractivity contribution in [2.75, 3.05) is 13.7 Å². The molecule has 1 unspecified atom stereocenters. The van der Waals surface area contributed by atoms with Crippen molar-refractivity contribution in [3.8, 4) is 11.5 Å². The second-order valence-electron chi connectivity index (χ2n) is 7.44. The Labute approximate surface area is 186 Å². The third-order valence-corrected chi connectivity index (χ3v) is 6.16. The summed E-state index contributed by atoms with van der Waals surface area (Å²) in [4.78, 5) is 14.8. The Hall–Kier alpha value is -3.06. The molecule has 3 aromatic rings. The van der Waals surface area contributed by atoms with Gasteiger partial charge < -0.3 is 18.6 Å². The number of nitrogens with one attached hydrogen (secondary N) is 1. The van der Waals surface area contributed by atoms with Crippen LogP contribution in [0.25, 0.3) is 11.0 Å². The quantitative estimate of drug-likeness (QED) is 0.420. The molecule has 0 spiro atoms. The van der Waals surface area contributed by atoms with Crippen LogP contribution in [0.2, 0.25) is 0 Å². The first-order valence-electron chi connectivity index (χ1n) is 9.99. The van der Waals surface area contributed by atoms with E-state index in [1.54, 1.807) is 24.3 Å². The van der Waals surface area contributed by atoms with Crippen molar-refractivity contribution in [3.63, 3.8) is 0 Å². The fourth-order valence-electron chi connectivity index (χ4n) is 3.61. The molecule has 0 saturated carbocycles. The smallest absolute Gasteiger partial charge is 0.497 e. The number of halogens is 3. The van der Waals surface area contributed by atoms with Crippen molar-refractivity contribution >= 4 is 21.2 Å². The zero-order valence-corrected chi connectivity index (χ0v) is 18.2. The van der Waals surface area contributed by atoms with Gasteiger partial charge in [-0.25, -0.2) is 4.68 Å². The van der Waals surface area contributed by atoms with Gasteiger partial charge in [0.2, 0.25) is 0 Å². The minimum atomic E-state index is -6.00. The summed E-state index contributed by atoms with van der Waals surface area (Å²) in [6, 6.07) is 7.68. The minimum Gasteiger partial charge on any atom is -0.497 e. The van der Waals surface area contributed by atoms with Crippen molar-refractivity contribution in [3.05, 3.63) is 51.9 Å². The maximum absolute atomic E-state index is 12.9. The van der Waals surface area contributed by atoms with Crippen molar-refractivity contribution in [2.24, 2.45) is 0 Å². The number of rotatable bonds is 6. The molecule has 2 aromatic heterocycles. The van der Waals surface area contributed by atoms with Gasteiger partial charge in [-0.15, -0.1) is 0 Å². The topological polar surface area (TPSA) is 113 Å². The Morgan fingerprint density at radius 1 is 1.24 bits per heavy atom. The van der Waals surface area contributed by atoms with E-state index in [2.05, 4.69) is 14.3 Å². The number of hydrogen-bond acceptors (Lipinski definition) is 7. The predicted octanol–water partition coefficient (Wildman–Crippen LogP) is 3.25. The molecule has 1 saturated heterocycles. The highest BCUT2D eigenvalue weighted by Gasteiger charge is 2.49. The van der Waals surface area contributed by atoms with Gasteiger partial charge in [-0.2, -0.15) is 26.7 Å². The van der Waals surface area contributed by atoms with Crippen molar-refractivity contribution in [1.29, 1.82) is 0 Å². The zero-order valence-electron chi connectivity index (χ0n) is 17.4. The van der Waals surface area contributed by atoms with Gasteiger partial charge in [0.05, 0.1) is 18.3 Å². The molecule has 1 N–H and O–H groups in total. The number of nitrogens with zero attached hydrogens (tertiary/aromatic N) is 2. The molecule has 1 aliphatic rings. The predicted molar refractivity (Wildman–Crippen MR) is 111 cm³/mol. The Bertz CT molecular complexity index is 1310. The Morgan fingerprint density at radius 2 is 1.97 bits per heavy atom. The molecule has 4 rings (SSSR count). The van der Waals surface area contributed by atoms with Crippen LogP contribution in [0.3, 0.4) is 0 Å². The highest BCUT2D eigenvalue weighted by atomic mass is 32.2. The fraction of sp³-hybridized carbons (Fsp3) is 0.400. The second kappa shape index (κ2) is 8.71. The van der Waals surface area contributed by atoms with Gasteiger partial charge in [0, 0.05) is 19.1 Å². The Morgan fingerprint density at radius 3 is 2.58 bits per heavy atom. The van der Waals surface area contributed by atoms with E-state index in [0.29, 0.717) is 30.5 Å². The Kier molecular flexibility index (Phi) is 6.10. The van der Waals surface area contributed by atoms with Crippen LogP contribution >= 0.6 is 0 Å². The van der Waals surface area contributed by atoms with E-state index in [1.807, 2.05) is 0 Å². The lowest BCUT2D eigenvalue weighted by Gasteiger charge is -2.24. The molecule has 9 nitrogen and oxygen atoms in total. The fourth-order valence-corrected chi connectivity index (χ4v) is 4.07. The summed E-state index contributed by atoms with van der Waals surface area (Å²) in [5, 5.41) is 4.31. The molecule has 178 valence electrons. The normalized spacial score (nSPS) is 17.3. The van der Waals surface area contributed by atoms with E-state index in [9.17, 15) is 26.4 Å². The first-order valence-corrected chi connectivity index (χ1v) is 11.4. The van der Waals surface area contributed by atoms with Crippen LogP contribution < -0.4 is 14.5 Å². The van der Waals surface area contributed by atoms with E-state index in [1.165, 1.54) is 11.8 Å². The molecule has 1 fully saturated rings. The summed E-state index contributed by atoms with van der Waals surface area (Å²) in [6.07, 6.45) is 1.97. The van der Waals surface area contributed by atoms with Crippen molar-refractivity contribution in [2.45, 2.75) is 37.4 Å². The number of H-pyrrole nitrogens is 1. The number of aromatic nitrogens is 3. The number of hydrogen-bond donors (Lipinski definition) is 1. The van der Waals surface area contributed by atoms with Gasteiger partial charge in [-0.3, -0.25) is 4.79 Å². The summed E-state index contributed by atoms with van der Waals surface area (Å²) >= 11 is 0. The van der Waals surface area contributed by atoms with Gasteiger partial charge in [-0.05, 0) is 37.0 Å². The molecule has 13 heteroatoms. The number of fused-ring (bicyclic) bond motifs is 1.